The number of hydrogen-bond donors (Lipinski definition) is 0. The first kappa shape index (κ1) is 16.2. The van der Waals surface area contributed by atoms with Crippen molar-refractivity contribution in [2.24, 2.45) is 0 Å². The first-order valence-electron chi connectivity index (χ1n) is 8.71. The van der Waals surface area contributed by atoms with Crippen LogP contribution in [0.3, 0.4) is 0 Å². The predicted molar refractivity (Wildman–Crippen MR) is 94.9 cm³/mol. The molecule has 128 valence electrons. The fourth-order valence-electron chi connectivity index (χ4n) is 3.70. The Morgan fingerprint density at radius 1 is 1.29 bits per heavy atom. The zero-order valence-electron chi connectivity index (χ0n) is 13.9. The van der Waals surface area contributed by atoms with Gasteiger partial charge in [-0.3, -0.25) is 9.88 Å². The Hall–Kier alpha value is -1.27. The first-order valence-corrected chi connectivity index (χ1v) is 9.59. The number of hydrogen-bond acceptors (Lipinski definition) is 5. The summed E-state index contributed by atoms with van der Waals surface area (Å²) in [5.74, 6) is 0. The Morgan fingerprint density at radius 2 is 2.21 bits per heavy atom. The van der Waals surface area contributed by atoms with Gasteiger partial charge in [0.1, 0.15) is 0 Å². The van der Waals surface area contributed by atoms with Crippen molar-refractivity contribution in [3.8, 4) is 0 Å². The molecule has 2 saturated heterocycles. The summed E-state index contributed by atoms with van der Waals surface area (Å²) < 4.78 is 12.3. The summed E-state index contributed by atoms with van der Waals surface area (Å²) in [6.07, 6.45) is 7.14. The van der Waals surface area contributed by atoms with Crippen molar-refractivity contribution >= 4 is 11.3 Å². The van der Waals surface area contributed by atoms with E-state index in [1.54, 1.807) is 6.20 Å². The molecule has 1 atom stereocenters. The molecule has 0 aromatic carbocycles. The molecule has 2 aliphatic rings. The highest BCUT2D eigenvalue weighted by Crippen LogP contribution is 2.37. The third kappa shape index (κ3) is 3.86. The van der Waals surface area contributed by atoms with Gasteiger partial charge in [0.2, 0.25) is 0 Å². The molecule has 0 aliphatic carbocycles. The maximum Gasteiger partial charge on any atom is 0.0840 e. The molecule has 24 heavy (non-hydrogen) atoms. The molecule has 4 nitrogen and oxygen atoms in total. The van der Waals surface area contributed by atoms with Crippen LogP contribution in [-0.2, 0) is 22.6 Å². The molecule has 0 saturated carbocycles. The smallest absolute Gasteiger partial charge is 0.0840 e. The second-order valence-electron chi connectivity index (χ2n) is 6.85. The molecule has 1 spiro atoms. The molecule has 4 heterocycles. The van der Waals surface area contributed by atoms with Crippen molar-refractivity contribution in [1.82, 2.24) is 9.88 Å². The topological polar surface area (TPSA) is 34.6 Å². The van der Waals surface area contributed by atoms with E-state index in [9.17, 15) is 0 Å². The number of aromatic nitrogens is 1. The molecular weight excluding hydrogens is 320 g/mol. The van der Waals surface area contributed by atoms with Crippen molar-refractivity contribution in [1.29, 1.82) is 0 Å². The van der Waals surface area contributed by atoms with Crippen LogP contribution in [-0.4, -0.2) is 41.3 Å². The van der Waals surface area contributed by atoms with Crippen molar-refractivity contribution in [2.75, 3.05) is 19.7 Å². The summed E-state index contributed by atoms with van der Waals surface area (Å²) in [5.41, 5.74) is 1.18. The zero-order chi connectivity index (χ0) is 16.2. The van der Waals surface area contributed by atoms with Gasteiger partial charge in [0.05, 0.1) is 24.9 Å². The van der Waals surface area contributed by atoms with Crippen molar-refractivity contribution in [2.45, 2.75) is 44.1 Å². The highest BCUT2D eigenvalue weighted by atomic mass is 32.1. The van der Waals surface area contributed by atoms with Gasteiger partial charge >= 0.3 is 0 Å². The van der Waals surface area contributed by atoms with Gasteiger partial charge in [-0.25, -0.2) is 0 Å². The van der Waals surface area contributed by atoms with Crippen LogP contribution in [0.5, 0.6) is 0 Å². The fraction of sp³-hybridized carbons (Fsp3) is 0.526. The standard InChI is InChI=1S/C19H24N2O2S/c1-3-16(12-20-7-1)14-22-17-11-19(23-15-17)5-8-21(9-6-19)13-18-4-2-10-24-18/h1-4,7,10,12,17H,5-6,8-9,11,13-15H2. The molecule has 2 aromatic heterocycles. The predicted octanol–water partition coefficient (Wildman–Crippen LogP) is 3.48. The van der Waals surface area contributed by atoms with E-state index in [0.717, 1.165) is 51.1 Å². The van der Waals surface area contributed by atoms with Crippen molar-refractivity contribution < 1.29 is 9.47 Å². The van der Waals surface area contributed by atoms with E-state index < -0.39 is 0 Å². The first-order chi connectivity index (χ1) is 11.8. The molecular formula is C19H24N2O2S. The monoisotopic (exact) mass is 344 g/mol. The number of likely N-dealkylation sites (tertiary alicyclic amines) is 1. The molecule has 0 radical (unpaired) electrons. The Morgan fingerprint density at radius 3 is 2.96 bits per heavy atom. The molecule has 0 amide bonds. The molecule has 2 aliphatic heterocycles. The molecule has 4 rings (SSSR count). The molecule has 2 fully saturated rings. The molecule has 1 unspecified atom stereocenters. The lowest BCUT2D eigenvalue weighted by Crippen LogP contribution is -2.43. The van der Waals surface area contributed by atoms with Gasteiger partial charge in [-0.1, -0.05) is 12.1 Å². The number of pyridine rings is 1. The Labute approximate surface area is 147 Å². The van der Waals surface area contributed by atoms with Crippen LogP contribution in [0, 0.1) is 0 Å². The lowest BCUT2D eigenvalue weighted by Gasteiger charge is -2.38. The van der Waals surface area contributed by atoms with E-state index in [0.29, 0.717) is 6.61 Å². The van der Waals surface area contributed by atoms with Gasteiger partial charge in [0.15, 0.2) is 0 Å². The van der Waals surface area contributed by atoms with E-state index in [2.05, 4.69) is 33.5 Å². The minimum atomic E-state index is 0.0472. The molecule has 0 bridgehead atoms. The third-order valence-corrected chi connectivity index (χ3v) is 5.97. The molecule has 0 N–H and O–H groups in total. The van der Waals surface area contributed by atoms with E-state index in [-0.39, 0.29) is 11.7 Å². The minimum absolute atomic E-state index is 0.0472. The number of ether oxygens (including phenoxy) is 2. The van der Waals surface area contributed by atoms with Crippen LogP contribution < -0.4 is 0 Å². The zero-order valence-corrected chi connectivity index (χ0v) is 14.7. The summed E-state index contributed by atoms with van der Waals surface area (Å²) >= 11 is 1.85. The van der Waals surface area contributed by atoms with E-state index in [4.69, 9.17) is 9.47 Å². The molecule has 2 aromatic rings. The van der Waals surface area contributed by atoms with Crippen LogP contribution >= 0.6 is 11.3 Å². The van der Waals surface area contributed by atoms with Gasteiger partial charge in [-0.2, -0.15) is 0 Å². The summed E-state index contributed by atoms with van der Waals surface area (Å²) in [6, 6.07) is 8.37. The van der Waals surface area contributed by atoms with Gasteiger partial charge in [0.25, 0.3) is 0 Å². The van der Waals surface area contributed by atoms with Gasteiger partial charge in [-0.15, -0.1) is 11.3 Å². The normalized spacial score (nSPS) is 23.8. The largest absolute Gasteiger partial charge is 0.372 e. The number of rotatable bonds is 5. The minimum Gasteiger partial charge on any atom is -0.372 e. The second kappa shape index (κ2) is 7.31. The second-order valence-corrected chi connectivity index (χ2v) is 7.88. The highest BCUT2D eigenvalue weighted by Gasteiger charge is 2.43. The average Bonchev–Trinajstić information content (AvgIpc) is 3.27. The van der Waals surface area contributed by atoms with Crippen LogP contribution in [0.2, 0.25) is 0 Å². The lowest BCUT2D eigenvalue weighted by atomic mass is 9.88. The maximum absolute atomic E-state index is 6.20. The summed E-state index contributed by atoms with van der Waals surface area (Å²) in [7, 11) is 0. The van der Waals surface area contributed by atoms with Crippen LogP contribution in [0.25, 0.3) is 0 Å². The SMILES string of the molecule is c1cncc(COC2COC3(CCN(Cc4cccs4)CC3)C2)c1. The van der Waals surface area contributed by atoms with Crippen molar-refractivity contribution in [3.05, 3.63) is 52.5 Å². The van der Waals surface area contributed by atoms with Crippen LogP contribution in [0.4, 0.5) is 0 Å². The van der Waals surface area contributed by atoms with Gasteiger partial charge < -0.3 is 9.47 Å². The number of nitrogens with zero attached hydrogens (tertiary/aromatic N) is 2. The Balaban J connectivity index is 1.24. The van der Waals surface area contributed by atoms with Crippen LogP contribution in [0.15, 0.2) is 42.0 Å². The quantitative estimate of drug-likeness (QED) is 0.832. The lowest BCUT2D eigenvalue weighted by molar-refractivity contribution is -0.0467. The van der Waals surface area contributed by atoms with Crippen LogP contribution in [0.1, 0.15) is 29.7 Å². The van der Waals surface area contributed by atoms with E-state index >= 15 is 0 Å². The van der Waals surface area contributed by atoms with Crippen molar-refractivity contribution in [3.63, 3.8) is 0 Å². The van der Waals surface area contributed by atoms with Gasteiger partial charge in [-0.05, 0) is 35.9 Å². The number of piperidine rings is 1. The fourth-order valence-corrected chi connectivity index (χ4v) is 4.44. The van der Waals surface area contributed by atoms with E-state index in [1.165, 1.54) is 4.88 Å². The summed E-state index contributed by atoms with van der Waals surface area (Å²) in [4.78, 5) is 8.14. The highest BCUT2D eigenvalue weighted by molar-refractivity contribution is 7.09. The third-order valence-electron chi connectivity index (χ3n) is 5.11. The Bertz CT molecular complexity index is 624. The molecule has 5 heteroatoms. The number of thiophene rings is 1. The summed E-state index contributed by atoms with van der Waals surface area (Å²) in [5, 5.41) is 2.16. The summed E-state index contributed by atoms with van der Waals surface area (Å²) in [6.45, 7) is 4.67. The van der Waals surface area contributed by atoms with E-state index in [1.807, 2.05) is 23.6 Å². The maximum atomic E-state index is 6.20. The Kier molecular flexibility index (Phi) is 4.94. The average molecular weight is 344 g/mol. The van der Waals surface area contributed by atoms with Gasteiger partial charge in [0, 0.05) is 43.3 Å².